The minimum absolute atomic E-state index is 0.0731. The van der Waals surface area contributed by atoms with E-state index in [1.54, 1.807) is 48.9 Å². The van der Waals surface area contributed by atoms with Gasteiger partial charge in [-0.15, -0.1) is 11.3 Å². The van der Waals surface area contributed by atoms with Gasteiger partial charge in [0.05, 0.1) is 12.0 Å². The van der Waals surface area contributed by atoms with Crippen molar-refractivity contribution in [2.24, 2.45) is 0 Å². The molecule has 0 saturated heterocycles. The molecule has 3 rings (SSSR count). The van der Waals surface area contributed by atoms with Gasteiger partial charge in [-0.25, -0.2) is 8.42 Å². The summed E-state index contributed by atoms with van der Waals surface area (Å²) in [6.45, 7) is -0.305. The Morgan fingerprint density at radius 1 is 1.07 bits per heavy atom. The molecular formula is C21H20ClNO5S2. The van der Waals surface area contributed by atoms with Crippen molar-refractivity contribution in [1.29, 1.82) is 0 Å². The Labute approximate surface area is 184 Å². The van der Waals surface area contributed by atoms with E-state index in [1.165, 1.54) is 35.6 Å². The maximum absolute atomic E-state index is 13.2. The zero-order valence-corrected chi connectivity index (χ0v) is 18.5. The smallest absolute Gasteiger partial charge is 0.257 e. The number of thiophene rings is 1. The van der Waals surface area contributed by atoms with E-state index in [2.05, 4.69) is 5.32 Å². The molecule has 2 aromatic carbocycles. The van der Waals surface area contributed by atoms with Crippen molar-refractivity contribution >= 4 is 38.7 Å². The molecule has 0 aliphatic carbocycles. The Morgan fingerprint density at radius 2 is 1.73 bits per heavy atom. The summed E-state index contributed by atoms with van der Waals surface area (Å²) in [7, 11) is -2.17. The van der Waals surface area contributed by atoms with Crippen LogP contribution in [0.3, 0.4) is 0 Å². The summed E-state index contributed by atoms with van der Waals surface area (Å²) in [5, 5.41) is 4.00. The first-order chi connectivity index (χ1) is 14.4. The number of ether oxygens (including phenoxy) is 2. The molecule has 1 heterocycles. The van der Waals surface area contributed by atoms with Crippen LogP contribution in [-0.4, -0.2) is 34.6 Å². The molecule has 6 nitrogen and oxygen atoms in total. The lowest BCUT2D eigenvalue weighted by Crippen LogP contribution is -2.34. The van der Waals surface area contributed by atoms with Crippen LogP contribution >= 0.6 is 22.9 Å². The average molecular weight is 466 g/mol. The number of methoxy groups -OCH3 is 1. The molecule has 1 aromatic heterocycles. The van der Waals surface area contributed by atoms with Crippen molar-refractivity contribution in [1.82, 2.24) is 5.32 Å². The highest BCUT2D eigenvalue weighted by atomic mass is 35.5. The largest absolute Gasteiger partial charge is 0.497 e. The maximum Gasteiger partial charge on any atom is 0.257 e. The van der Waals surface area contributed by atoms with Gasteiger partial charge in [0.15, 0.2) is 16.4 Å². The first kappa shape index (κ1) is 22.1. The second kappa shape index (κ2) is 9.97. The van der Waals surface area contributed by atoms with Crippen LogP contribution in [0.15, 0.2) is 70.9 Å². The van der Waals surface area contributed by atoms with E-state index >= 15 is 0 Å². The lowest BCUT2D eigenvalue weighted by Gasteiger charge is -2.17. The molecule has 0 aliphatic heterocycles. The molecule has 158 valence electrons. The van der Waals surface area contributed by atoms with Crippen molar-refractivity contribution < 1.29 is 22.7 Å². The predicted octanol–water partition coefficient (Wildman–Crippen LogP) is 4.12. The maximum atomic E-state index is 13.2. The topological polar surface area (TPSA) is 81.7 Å². The van der Waals surface area contributed by atoms with E-state index in [-0.39, 0.29) is 18.0 Å². The van der Waals surface area contributed by atoms with Gasteiger partial charge in [-0.1, -0.05) is 17.7 Å². The molecule has 0 bridgehead atoms. The highest BCUT2D eigenvalue weighted by Gasteiger charge is 2.30. The molecule has 1 unspecified atom stereocenters. The SMILES string of the molecule is COc1ccc(OCC(=O)NCC(c2cccs2)S(=O)(=O)c2ccc(Cl)cc2)cc1. The van der Waals surface area contributed by atoms with E-state index in [0.29, 0.717) is 21.4 Å². The minimum atomic E-state index is -3.73. The molecule has 30 heavy (non-hydrogen) atoms. The molecule has 0 radical (unpaired) electrons. The van der Waals surface area contributed by atoms with Crippen LogP contribution in [0.1, 0.15) is 10.1 Å². The summed E-state index contributed by atoms with van der Waals surface area (Å²) in [6.07, 6.45) is 0. The summed E-state index contributed by atoms with van der Waals surface area (Å²) in [5.41, 5.74) is 0. The summed E-state index contributed by atoms with van der Waals surface area (Å²) in [4.78, 5) is 13.0. The van der Waals surface area contributed by atoms with Crippen LogP contribution in [-0.2, 0) is 14.6 Å². The van der Waals surface area contributed by atoms with Gasteiger partial charge in [-0.05, 0) is 60.0 Å². The Bertz CT molecular complexity index is 1070. The first-order valence-electron chi connectivity index (χ1n) is 8.96. The van der Waals surface area contributed by atoms with Crippen LogP contribution in [0.2, 0.25) is 5.02 Å². The number of hydrogen-bond donors (Lipinski definition) is 1. The van der Waals surface area contributed by atoms with Crippen LogP contribution in [0.4, 0.5) is 0 Å². The van der Waals surface area contributed by atoms with Crippen LogP contribution in [0, 0.1) is 0 Å². The third-order valence-corrected chi connectivity index (χ3v) is 7.78. The highest BCUT2D eigenvalue weighted by Crippen LogP contribution is 2.32. The fourth-order valence-electron chi connectivity index (χ4n) is 2.70. The minimum Gasteiger partial charge on any atom is -0.497 e. The average Bonchev–Trinajstić information content (AvgIpc) is 3.27. The number of nitrogens with one attached hydrogen (secondary N) is 1. The summed E-state index contributed by atoms with van der Waals surface area (Å²) < 4.78 is 36.8. The molecular weight excluding hydrogens is 446 g/mol. The van der Waals surface area contributed by atoms with Crippen molar-refractivity contribution in [2.45, 2.75) is 10.1 Å². The van der Waals surface area contributed by atoms with Crippen LogP contribution in [0.25, 0.3) is 0 Å². The van der Waals surface area contributed by atoms with Crippen LogP contribution in [0.5, 0.6) is 11.5 Å². The number of carbonyl (C=O) groups excluding carboxylic acids is 1. The number of rotatable bonds is 9. The zero-order valence-electron chi connectivity index (χ0n) is 16.1. The van der Waals surface area contributed by atoms with Gasteiger partial charge in [0.25, 0.3) is 5.91 Å². The number of amides is 1. The number of hydrogen-bond acceptors (Lipinski definition) is 6. The van der Waals surface area contributed by atoms with Crippen molar-refractivity contribution in [3.8, 4) is 11.5 Å². The zero-order chi connectivity index (χ0) is 21.6. The third kappa shape index (κ3) is 5.53. The molecule has 1 atom stereocenters. The lowest BCUT2D eigenvalue weighted by atomic mass is 10.3. The number of halogens is 1. The van der Waals surface area contributed by atoms with E-state index < -0.39 is 21.0 Å². The molecule has 0 fully saturated rings. The molecule has 3 aromatic rings. The Morgan fingerprint density at radius 3 is 2.33 bits per heavy atom. The van der Waals surface area contributed by atoms with E-state index in [0.717, 1.165) is 0 Å². The molecule has 1 amide bonds. The Balaban J connectivity index is 1.67. The fourth-order valence-corrected chi connectivity index (χ4v) is 5.61. The summed E-state index contributed by atoms with van der Waals surface area (Å²) in [6, 6.07) is 16.3. The van der Waals surface area contributed by atoms with E-state index in [9.17, 15) is 13.2 Å². The molecule has 0 saturated carbocycles. The van der Waals surface area contributed by atoms with Crippen LogP contribution < -0.4 is 14.8 Å². The normalized spacial score (nSPS) is 12.2. The Kier molecular flexibility index (Phi) is 7.36. The Hall–Kier alpha value is -2.55. The molecule has 0 aliphatic rings. The monoisotopic (exact) mass is 465 g/mol. The fraction of sp³-hybridized carbons (Fsp3) is 0.190. The van der Waals surface area contributed by atoms with Gasteiger partial charge in [-0.2, -0.15) is 0 Å². The van der Waals surface area contributed by atoms with Crippen molar-refractivity contribution in [3.05, 3.63) is 75.9 Å². The first-order valence-corrected chi connectivity index (χ1v) is 11.8. The van der Waals surface area contributed by atoms with Gasteiger partial charge in [0.1, 0.15) is 16.7 Å². The predicted molar refractivity (Wildman–Crippen MR) is 117 cm³/mol. The van der Waals surface area contributed by atoms with Gasteiger partial charge in [0.2, 0.25) is 0 Å². The number of benzene rings is 2. The van der Waals surface area contributed by atoms with Gasteiger partial charge in [0, 0.05) is 16.4 Å². The second-order valence-electron chi connectivity index (χ2n) is 6.27. The molecule has 0 spiro atoms. The number of carbonyl (C=O) groups is 1. The highest BCUT2D eigenvalue weighted by molar-refractivity contribution is 7.91. The van der Waals surface area contributed by atoms with E-state index in [4.69, 9.17) is 21.1 Å². The second-order valence-corrected chi connectivity index (χ2v) is 9.82. The molecule has 9 heteroatoms. The standard InChI is InChI=1S/C21H20ClNO5S2/c1-27-16-6-8-17(9-7-16)28-14-21(24)23-13-20(19-3-2-12-29-19)30(25,26)18-10-4-15(22)5-11-18/h2-12,20H,13-14H2,1H3,(H,23,24). The summed E-state index contributed by atoms with van der Waals surface area (Å²) >= 11 is 7.20. The van der Waals surface area contributed by atoms with Crippen molar-refractivity contribution in [3.63, 3.8) is 0 Å². The van der Waals surface area contributed by atoms with E-state index in [1.807, 2.05) is 0 Å². The van der Waals surface area contributed by atoms with Gasteiger partial charge >= 0.3 is 0 Å². The molecule has 1 N–H and O–H groups in total. The third-order valence-electron chi connectivity index (χ3n) is 4.29. The lowest BCUT2D eigenvalue weighted by molar-refractivity contribution is -0.123. The van der Waals surface area contributed by atoms with Gasteiger partial charge in [-0.3, -0.25) is 4.79 Å². The van der Waals surface area contributed by atoms with Gasteiger partial charge < -0.3 is 14.8 Å². The summed E-state index contributed by atoms with van der Waals surface area (Å²) in [5.74, 6) is 0.770. The van der Waals surface area contributed by atoms with Crippen molar-refractivity contribution in [2.75, 3.05) is 20.3 Å². The quantitative estimate of drug-likeness (QED) is 0.514. The number of sulfone groups is 1.